The van der Waals surface area contributed by atoms with Crippen LogP contribution in [0.25, 0.3) is 17.0 Å². The van der Waals surface area contributed by atoms with E-state index in [1.165, 1.54) is 11.8 Å². The standard InChI is InChI=1S/C29H29N7O2S2/c1-40(37,38)12-10-30-17-28-32-18-29(39-28)35-11-9-22-14-31-16-26(25(22)20-35)34-24-7-8-27-23(13-24)15-33-36(27)19-21-5-3-2-4-6-21/h2-9,11,13-16,18,30,34H,10,12,17,19-20H2,1H3. The van der Waals surface area contributed by atoms with Gasteiger partial charge < -0.3 is 15.5 Å². The number of hydrogen-bond acceptors (Lipinski definition) is 9. The predicted octanol–water partition coefficient (Wildman–Crippen LogP) is 4.80. The summed E-state index contributed by atoms with van der Waals surface area (Å²) < 4.78 is 24.7. The van der Waals surface area contributed by atoms with Crippen LogP contribution in [0.15, 0.2) is 79.5 Å². The third-order valence-corrected chi connectivity index (χ3v) is 8.68. The molecule has 0 bridgehead atoms. The summed E-state index contributed by atoms with van der Waals surface area (Å²) in [5.41, 5.74) is 6.45. The average Bonchev–Trinajstić information content (AvgIpc) is 3.58. The van der Waals surface area contributed by atoms with Crippen molar-refractivity contribution in [1.29, 1.82) is 0 Å². The third kappa shape index (κ3) is 6.06. The van der Waals surface area contributed by atoms with E-state index in [-0.39, 0.29) is 5.75 Å². The van der Waals surface area contributed by atoms with Crippen LogP contribution in [0.5, 0.6) is 0 Å². The maximum Gasteiger partial charge on any atom is 0.148 e. The summed E-state index contributed by atoms with van der Waals surface area (Å²) in [6.07, 6.45) is 12.9. The highest BCUT2D eigenvalue weighted by molar-refractivity contribution is 7.90. The molecule has 11 heteroatoms. The summed E-state index contributed by atoms with van der Waals surface area (Å²) in [5, 5.41) is 14.4. The van der Waals surface area contributed by atoms with Gasteiger partial charge in [0, 0.05) is 53.9 Å². The van der Waals surface area contributed by atoms with E-state index in [0.717, 1.165) is 50.0 Å². The van der Waals surface area contributed by atoms with Crippen molar-refractivity contribution in [1.82, 2.24) is 25.1 Å². The lowest BCUT2D eigenvalue weighted by molar-refractivity contribution is 0.596. The van der Waals surface area contributed by atoms with Crippen molar-refractivity contribution in [2.75, 3.05) is 28.8 Å². The van der Waals surface area contributed by atoms with Crippen LogP contribution in [0.1, 0.15) is 21.7 Å². The van der Waals surface area contributed by atoms with E-state index in [1.54, 1.807) is 11.3 Å². The van der Waals surface area contributed by atoms with Crippen LogP contribution in [-0.2, 0) is 29.5 Å². The minimum atomic E-state index is -2.98. The van der Waals surface area contributed by atoms with Gasteiger partial charge in [-0.05, 0) is 29.8 Å². The molecule has 40 heavy (non-hydrogen) atoms. The van der Waals surface area contributed by atoms with Gasteiger partial charge >= 0.3 is 0 Å². The van der Waals surface area contributed by atoms with Crippen LogP contribution >= 0.6 is 11.3 Å². The van der Waals surface area contributed by atoms with Crippen LogP contribution in [0.2, 0.25) is 0 Å². The van der Waals surface area contributed by atoms with E-state index >= 15 is 0 Å². The van der Waals surface area contributed by atoms with Crippen molar-refractivity contribution in [2.45, 2.75) is 19.6 Å². The van der Waals surface area contributed by atoms with E-state index in [4.69, 9.17) is 0 Å². The second-order valence-corrected chi connectivity index (χ2v) is 13.1. The van der Waals surface area contributed by atoms with Crippen molar-refractivity contribution >= 4 is 54.5 Å². The lowest BCUT2D eigenvalue weighted by Gasteiger charge is -2.25. The fraction of sp³-hybridized carbons (Fsp3) is 0.207. The number of rotatable bonds is 10. The highest BCUT2D eigenvalue weighted by Crippen LogP contribution is 2.34. The number of thiazole rings is 1. The highest BCUT2D eigenvalue weighted by atomic mass is 32.2. The molecule has 4 heterocycles. The topological polar surface area (TPSA) is 105 Å². The number of nitrogens with one attached hydrogen (secondary N) is 2. The van der Waals surface area contributed by atoms with Crippen molar-refractivity contribution in [3.63, 3.8) is 0 Å². The molecule has 5 aromatic rings. The normalized spacial score (nSPS) is 13.1. The largest absolute Gasteiger partial charge is 0.354 e. The molecule has 2 N–H and O–H groups in total. The first kappa shape index (κ1) is 26.2. The van der Waals surface area contributed by atoms with Gasteiger partial charge in [0.25, 0.3) is 0 Å². The number of nitrogens with zero attached hydrogens (tertiary/aromatic N) is 5. The summed E-state index contributed by atoms with van der Waals surface area (Å²) in [7, 11) is -2.98. The van der Waals surface area contributed by atoms with Crippen molar-refractivity contribution < 1.29 is 8.42 Å². The van der Waals surface area contributed by atoms with E-state index in [0.29, 0.717) is 19.6 Å². The molecule has 1 aliphatic heterocycles. The Hall–Kier alpha value is -4.06. The number of sulfone groups is 1. The molecule has 0 unspecified atom stereocenters. The zero-order chi connectivity index (χ0) is 27.5. The number of benzene rings is 2. The predicted molar refractivity (Wildman–Crippen MR) is 162 cm³/mol. The second kappa shape index (κ2) is 11.2. The van der Waals surface area contributed by atoms with Gasteiger partial charge in [-0.3, -0.25) is 9.67 Å². The molecule has 1 aliphatic rings. The molecule has 0 aliphatic carbocycles. The van der Waals surface area contributed by atoms with E-state index in [9.17, 15) is 8.42 Å². The van der Waals surface area contributed by atoms with Gasteiger partial charge in [-0.25, -0.2) is 13.4 Å². The highest BCUT2D eigenvalue weighted by Gasteiger charge is 2.18. The van der Waals surface area contributed by atoms with Crippen LogP contribution in [0, 0.1) is 0 Å². The first-order chi connectivity index (χ1) is 19.4. The third-order valence-electron chi connectivity index (χ3n) is 6.70. The Labute approximate surface area is 237 Å². The van der Waals surface area contributed by atoms with Gasteiger partial charge in [-0.15, -0.1) is 0 Å². The summed E-state index contributed by atoms with van der Waals surface area (Å²) in [6.45, 7) is 2.35. The lowest BCUT2D eigenvalue weighted by Crippen LogP contribution is -2.21. The van der Waals surface area contributed by atoms with Gasteiger partial charge in [-0.1, -0.05) is 41.7 Å². The summed E-state index contributed by atoms with van der Waals surface area (Å²) >= 11 is 1.59. The summed E-state index contributed by atoms with van der Waals surface area (Å²) in [4.78, 5) is 11.2. The molecular weight excluding hydrogens is 543 g/mol. The molecule has 0 atom stereocenters. The minimum absolute atomic E-state index is 0.115. The van der Waals surface area contributed by atoms with Gasteiger partial charge in [0.15, 0.2) is 0 Å². The zero-order valence-electron chi connectivity index (χ0n) is 22.0. The number of fused-ring (bicyclic) bond motifs is 2. The molecule has 3 aromatic heterocycles. The Bertz CT molecular complexity index is 1780. The zero-order valence-corrected chi connectivity index (χ0v) is 23.6. The maximum atomic E-state index is 11.3. The molecule has 204 valence electrons. The smallest absolute Gasteiger partial charge is 0.148 e. The van der Waals surface area contributed by atoms with Gasteiger partial charge in [0.1, 0.15) is 19.8 Å². The molecule has 6 rings (SSSR count). The van der Waals surface area contributed by atoms with Crippen LogP contribution in [-0.4, -0.2) is 46.7 Å². The molecule has 0 fully saturated rings. The Kier molecular flexibility index (Phi) is 7.33. The first-order valence-electron chi connectivity index (χ1n) is 12.9. The van der Waals surface area contributed by atoms with Crippen LogP contribution < -0.4 is 15.5 Å². The Morgan fingerprint density at radius 3 is 2.77 bits per heavy atom. The molecule has 0 saturated heterocycles. The van der Waals surface area contributed by atoms with E-state index in [2.05, 4.69) is 73.2 Å². The summed E-state index contributed by atoms with van der Waals surface area (Å²) in [6, 6.07) is 16.6. The fourth-order valence-electron chi connectivity index (χ4n) is 4.65. The Balaban J connectivity index is 1.15. The quantitative estimate of drug-likeness (QED) is 0.230. The molecule has 9 nitrogen and oxygen atoms in total. The van der Waals surface area contributed by atoms with Gasteiger partial charge in [0.05, 0.1) is 48.6 Å². The van der Waals surface area contributed by atoms with Crippen molar-refractivity contribution in [3.05, 3.63) is 101 Å². The maximum absolute atomic E-state index is 11.3. The Morgan fingerprint density at radius 2 is 1.93 bits per heavy atom. The van der Waals surface area contributed by atoms with Crippen LogP contribution in [0.4, 0.5) is 16.4 Å². The molecular formula is C29H29N7O2S2. The van der Waals surface area contributed by atoms with Gasteiger partial charge in [-0.2, -0.15) is 5.10 Å². The summed E-state index contributed by atoms with van der Waals surface area (Å²) in [5.74, 6) is 0.115. The van der Waals surface area contributed by atoms with E-state index in [1.807, 2.05) is 47.7 Å². The van der Waals surface area contributed by atoms with Gasteiger partial charge in [0.2, 0.25) is 0 Å². The minimum Gasteiger partial charge on any atom is -0.354 e. The average molecular weight is 572 g/mol. The lowest BCUT2D eigenvalue weighted by atomic mass is 10.0. The number of pyridine rings is 1. The van der Waals surface area contributed by atoms with E-state index < -0.39 is 9.84 Å². The SMILES string of the molecule is CS(=O)(=O)CCNCc1ncc(N2C=Cc3cncc(Nc4ccc5c(cnn5Cc5ccccc5)c4)c3C2)s1. The number of hydrogen-bond donors (Lipinski definition) is 2. The molecule has 2 aromatic carbocycles. The molecule has 0 amide bonds. The fourth-order valence-corrected chi connectivity index (χ4v) is 6.03. The first-order valence-corrected chi connectivity index (χ1v) is 15.8. The van der Waals surface area contributed by atoms with Crippen molar-refractivity contribution in [3.8, 4) is 0 Å². The Morgan fingerprint density at radius 1 is 1.05 bits per heavy atom. The number of anilines is 3. The van der Waals surface area contributed by atoms with Crippen molar-refractivity contribution in [2.24, 2.45) is 0 Å². The number of aromatic nitrogens is 4. The van der Waals surface area contributed by atoms with Crippen LogP contribution in [0.3, 0.4) is 0 Å². The monoisotopic (exact) mass is 571 g/mol. The molecule has 0 saturated carbocycles. The molecule has 0 radical (unpaired) electrons. The second-order valence-electron chi connectivity index (χ2n) is 9.78. The molecule has 0 spiro atoms.